The van der Waals surface area contributed by atoms with Crippen LogP contribution < -0.4 is 10.4 Å². The number of carbonyl (C=O) groups excluding carboxylic acids is 2. The Labute approximate surface area is 201 Å². The number of aromatic nitrogens is 1. The third kappa shape index (κ3) is 3.95. The van der Waals surface area contributed by atoms with Gasteiger partial charge in [0.05, 0.1) is 19.0 Å². The van der Waals surface area contributed by atoms with E-state index >= 15 is 0 Å². The van der Waals surface area contributed by atoms with Crippen LogP contribution in [0.2, 0.25) is 0 Å². The molecule has 0 fully saturated rings. The van der Waals surface area contributed by atoms with Crippen LogP contribution in [0.4, 0.5) is 0 Å². The second-order valence-corrected chi connectivity index (χ2v) is 8.98. The van der Waals surface area contributed by atoms with Gasteiger partial charge in [-0.3, -0.25) is 4.79 Å². The molecule has 0 saturated heterocycles. The number of hydrogen-bond donors (Lipinski definition) is 1. The molecule has 4 aromatic rings. The van der Waals surface area contributed by atoms with Gasteiger partial charge in [0.15, 0.2) is 6.10 Å². The van der Waals surface area contributed by atoms with Crippen LogP contribution in [0.15, 0.2) is 51.7 Å². The molecule has 35 heavy (non-hydrogen) atoms. The van der Waals surface area contributed by atoms with Gasteiger partial charge in [-0.25, -0.2) is 9.59 Å². The van der Waals surface area contributed by atoms with Crippen LogP contribution in [-0.2, 0) is 27.3 Å². The Hall–Kier alpha value is -4.07. The molecule has 0 aliphatic carbocycles. The number of benzene rings is 2. The van der Waals surface area contributed by atoms with E-state index in [1.54, 1.807) is 19.9 Å². The van der Waals surface area contributed by atoms with E-state index < -0.39 is 23.7 Å². The molecule has 1 amide bonds. The third-order valence-corrected chi connectivity index (χ3v) is 6.56. The molecular weight excluding hydrogens is 448 g/mol. The fourth-order valence-electron chi connectivity index (χ4n) is 4.93. The highest BCUT2D eigenvalue weighted by Crippen LogP contribution is 2.33. The number of nitrogens with one attached hydrogen (secondary N) is 1. The zero-order chi connectivity index (χ0) is 24.9. The van der Waals surface area contributed by atoms with Gasteiger partial charge in [0.2, 0.25) is 0 Å². The highest BCUT2D eigenvalue weighted by Gasteiger charge is 2.39. The summed E-state index contributed by atoms with van der Waals surface area (Å²) in [5.41, 5.74) is 4.35. The van der Waals surface area contributed by atoms with Crippen molar-refractivity contribution in [1.29, 1.82) is 0 Å². The average Bonchev–Trinajstić information content (AvgIpc) is 3.19. The van der Waals surface area contributed by atoms with Crippen molar-refractivity contribution in [2.75, 3.05) is 7.11 Å². The number of rotatable bonds is 4. The number of aromatic amines is 1. The Bertz CT molecular complexity index is 1530. The number of amides is 1. The second-order valence-electron chi connectivity index (χ2n) is 8.98. The van der Waals surface area contributed by atoms with Crippen molar-refractivity contribution in [3.63, 3.8) is 0 Å². The highest BCUT2D eigenvalue weighted by molar-refractivity contribution is 5.92. The number of hydrogen-bond acceptors (Lipinski definition) is 6. The first-order valence-electron chi connectivity index (χ1n) is 11.5. The molecule has 1 aliphatic heterocycles. The van der Waals surface area contributed by atoms with Crippen LogP contribution in [0.1, 0.15) is 29.3 Å². The van der Waals surface area contributed by atoms with Crippen molar-refractivity contribution in [3.05, 3.63) is 75.3 Å². The number of nitrogens with zero attached hydrogens (tertiary/aromatic N) is 1. The van der Waals surface area contributed by atoms with E-state index in [0.717, 1.165) is 27.7 Å². The van der Waals surface area contributed by atoms with Gasteiger partial charge in [0, 0.05) is 29.1 Å². The van der Waals surface area contributed by atoms with Gasteiger partial charge in [-0.2, -0.15) is 0 Å². The molecule has 1 N–H and O–H groups in total. The lowest BCUT2D eigenvalue weighted by Crippen LogP contribution is -2.52. The predicted octanol–water partition coefficient (Wildman–Crippen LogP) is 3.78. The van der Waals surface area contributed by atoms with Crippen molar-refractivity contribution in [2.45, 2.75) is 45.9 Å². The number of methoxy groups -OCH3 is 1. The van der Waals surface area contributed by atoms with Gasteiger partial charge in [0.1, 0.15) is 17.4 Å². The first kappa shape index (κ1) is 22.7. The summed E-state index contributed by atoms with van der Waals surface area (Å²) in [6.45, 7) is 5.54. The lowest BCUT2D eigenvalue weighted by atomic mass is 9.96. The molecule has 0 bridgehead atoms. The first-order chi connectivity index (χ1) is 16.8. The van der Waals surface area contributed by atoms with Crippen molar-refractivity contribution in [3.8, 4) is 5.75 Å². The van der Waals surface area contributed by atoms with Gasteiger partial charge < -0.3 is 23.8 Å². The Balaban J connectivity index is 1.49. The number of H-pyrrole nitrogens is 1. The first-order valence-corrected chi connectivity index (χ1v) is 11.5. The molecule has 0 radical (unpaired) electrons. The maximum absolute atomic E-state index is 13.6. The maximum Gasteiger partial charge on any atom is 0.336 e. The molecule has 1 aliphatic rings. The Morgan fingerprint density at radius 1 is 1.17 bits per heavy atom. The fourth-order valence-corrected chi connectivity index (χ4v) is 4.93. The number of carbonyl (C=O) groups is 2. The molecule has 2 aromatic carbocycles. The third-order valence-electron chi connectivity index (χ3n) is 6.56. The summed E-state index contributed by atoms with van der Waals surface area (Å²) < 4.78 is 16.5. The SMILES string of the molecule is COC(=O)[C@@H]1Cc2c([nH]c3ccccc23)CN1C(=O)[C@@H](C)Oc1cc(C)cc2oc(=O)cc(C)c12. The van der Waals surface area contributed by atoms with E-state index in [1.165, 1.54) is 18.1 Å². The summed E-state index contributed by atoms with van der Waals surface area (Å²) in [6, 6.07) is 12.1. The van der Waals surface area contributed by atoms with E-state index in [-0.39, 0.29) is 12.5 Å². The van der Waals surface area contributed by atoms with Gasteiger partial charge in [-0.1, -0.05) is 18.2 Å². The van der Waals surface area contributed by atoms with E-state index in [2.05, 4.69) is 4.98 Å². The monoisotopic (exact) mass is 474 g/mol. The largest absolute Gasteiger partial charge is 0.480 e. The summed E-state index contributed by atoms with van der Waals surface area (Å²) in [4.78, 5) is 43.1. The maximum atomic E-state index is 13.6. The topological polar surface area (TPSA) is 102 Å². The number of esters is 1. The molecule has 5 rings (SSSR count). The molecule has 0 spiro atoms. The van der Waals surface area contributed by atoms with Crippen molar-refractivity contribution in [2.24, 2.45) is 0 Å². The number of ether oxygens (including phenoxy) is 2. The Kier molecular flexibility index (Phi) is 5.59. The zero-order valence-electron chi connectivity index (χ0n) is 20.0. The summed E-state index contributed by atoms with van der Waals surface area (Å²) >= 11 is 0. The minimum Gasteiger partial charge on any atom is -0.480 e. The normalized spacial score (nSPS) is 16.2. The second kappa shape index (κ2) is 8.61. The van der Waals surface area contributed by atoms with Crippen molar-refractivity contribution >= 4 is 33.7 Å². The molecule has 180 valence electrons. The van der Waals surface area contributed by atoms with Gasteiger partial charge in [-0.15, -0.1) is 0 Å². The van der Waals surface area contributed by atoms with E-state index in [0.29, 0.717) is 28.7 Å². The van der Waals surface area contributed by atoms with Crippen molar-refractivity contribution < 1.29 is 23.5 Å². The van der Waals surface area contributed by atoms with Crippen LogP contribution in [0.25, 0.3) is 21.9 Å². The average molecular weight is 475 g/mol. The lowest BCUT2D eigenvalue weighted by molar-refractivity contribution is -0.156. The smallest absolute Gasteiger partial charge is 0.336 e. The summed E-state index contributed by atoms with van der Waals surface area (Å²) in [6.07, 6.45) is -0.549. The van der Waals surface area contributed by atoms with Crippen LogP contribution in [0, 0.1) is 13.8 Å². The van der Waals surface area contributed by atoms with Crippen LogP contribution in [-0.4, -0.2) is 41.0 Å². The van der Waals surface area contributed by atoms with E-state index in [1.807, 2.05) is 37.3 Å². The molecule has 0 unspecified atom stereocenters. The molecule has 3 heterocycles. The van der Waals surface area contributed by atoms with E-state index in [4.69, 9.17) is 13.9 Å². The van der Waals surface area contributed by atoms with Crippen LogP contribution in [0.3, 0.4) is 0 Å². The fraction of sp³-hybridized carbons (Fsp3) is 0.296. The zero-order valence-corrected chi connectivity index (χ0v) is 20.0. The van der Waals surface area contributed by atoms with Gasteiger partial charge in [0.25, 0.3) is 5.91 Å². The van der Waals surface area contributed by atoms with Crippen molar-refractivity contribution in [1.82, 2.24) is 9.88 Å². The molecule has 8 heteroatoms. The van der Waals surface area contributed by atoms with Crippen LogP contribution in [0.5, 0.6) is 5.75 Å². The summed E-state index contributed by atoms with van der Waals surface area (Å²) in [5, 5.41) is 1.67. The molecular formula is C27H26N2O6. The Morgan fingerprint density at radius 2 is 1.94 bits per heavy atom. The summed E-state index contributed by atoms with van der Waals surface area (Å²) in [7, 11) is 1.32. The van der Waals surface area contributed by atoms with Gasteiger partial charge in [-0.05, 0) is 55.7 Å². The number of fused-ring (bicyclic) bond motifs is 4. The molecule has 8 nitrogen and oxygen atoms in total. The van der Waals surface area contributed by atoms with Gasteiger partial charge >= 0.3 is 11.6 Å². The summed E-state index contributed by atoms with van der Waals surface area (Å²) in [5.74, 6) is -0.366. The minimum atomic E-state index is -0.899. The van der Waals surface area contributed by atoms with Crippen LogP contribution >= 0.6 is 0 Å². The van der Waals surface area contributed by atoms with E-state index in [9.17, 15) is 14.4 Å². The number of para-hydroxylation sites is 1. The Morgan fingerprint density at radius 3 is 2.71 bits per heavy atom. The lowest BCUT2D eigenvalue weighted by Gasteiger charge is -2.35. The molecule has 0 saturated carbocycles. The minimum absolute atomic E-state index is 0.235. The molecule has 2 aromatic heterocycles. The molecule has 2 atom stereocenters. The standard InChI is InChI=1S/C27H26N2O6/c1-14-9-22(25-15(2)11-24(30)35-23(25)10-14)34-16(3)26(31)29-13-20-18(12-21(29)27(32)33-4)17-7-5-6-8-19(17)28-20/h5-11,16,21,28H,12-13H2,1-4H3/t16-,21+/m1/s1. The number of aryl methyl sites for hydroxylation is 2. The predicted molar refractivity (Wildman–Crippen MR) is 130 cm³/mol. The quantitative estimate of drug-likeness (QED) is 0.357. The highest BCUT2D eigenvalue weighted by atomic mass is 16.5.